The van der Waals surface area contributed by atoms with Gasteiger partial charge in [0.05, 0.1) is 5.69 Å². The Bertz CT molecular complexity index is 818. The van der Waals surface area contributed by atoms with E-state index in [1.807, 2.05) is 25.1 Å². The van der Waals surface area contributed by atoms with Crippen molar-refractivity contribution in [1.82, 2.24) is 0 Å². The van der Waals surface area contributed by atoms with E-state index in [2.05, 4.69) is 10.4 Å². The zero-order valence-electron chi connectivity index (χ0n) is 13.1. The van der Waals surface area contributed by atoms with Gasteiger partial charge in [-0.05, 0) is 42.8 Å². The molecule has 1 heterocycles. The number of halogens is 1. The van der Waals surface area contributed by atoms with E-state index in [1.165, 1.54) is 5.01 Å². The molecule has 0 unspecified atom stereocenters. The van der Waals surface area contributed by atoms with Crippen molar-refractivity contribution in [3.05, 3.63) is 59.1 Å². The van der Waals surface area contributed by atoms with E-state index in [-0.39, 0.29) is 18.2 Å². The summed E-state index contributed by atoms with van der Waals surface area (Å²) in [6, 6.07) is 14.3. The summed E-state index contributed by atoms with van der Waals surface area (Å²) in [5, 5.41) is 8.96. The van der Waals surface area contributed by atoms with Crippen molar-refractivity contribution in [2.45, 2.75) is 19.8 Å². The van der Waals surface area contributed by atoms with Gasteiger partial charge in [-0.25, -0.2) is 5.01 Å². The van der Waals surface area contributed by atoms with Gasteiger partial charge in [-0.3, -0.25) is 9.59 Å². The number of para-hydroxylation sites is 1. The number of aryl methyl sites for hydroxylation is 1. The number of nitrogens with zero attached hydrogens (tertiary/aromatic N) is 2. The molecular formula is C18H16ClN3O2. The Labute approximate surface area is 144 Å². The lowest BCUT2D eigenvalue weighted by Crippen LogP contribution is -2.36. The molecule has 3 rings (SSSR count). The van der Waals surface area contributed by atoms with E-state index in [1.54, 1.807) is 30.3 Å². The molecule has 0 bridgehead atoms. The summed E-state index contributed by atoms with van der Waals surface area (Å²) in [5.41, 5.74) is 2.52. The number of carbonyl (C=O) groups excluding carboxylic acids is 2. The predicted octanol–water partition coefficient (Wildman–Crippen LogP) is 3.77. The van der Waals surface area contributed by atoms with Crippen LogP contribution in [0.4, 0.5) is 11.4 Å². The minimum absolute atomic E-state index is 0.125. The number of carbonyl (C=O) groups is 2. The van der Waals surface area contributed by atoms with Crippen LogP contribution in [0.1, 0.15) is 18.4 Å². The van der Waals surface area contributed by atoms with Crippen LogP contribution in [0.2, 0.25) is 5.02 Å². The van der Waals surface area contributed by atoms with Crippen LogP contribution in [0.25, 0.3) is 0 Å². The first-order valence-corrected chi connectivity index (χ1v) is 7.95. The molecule has 0 atom stereocenters. The molecule has 1 N–H and O–H groups in total. The van der Waals surface area contributed by atoms with Crippen molar-refractivity contribution in [1.29, 1.82) is 0 Å². The Morgan fingerprint density at radius 1 is 1.17 bits per heavy atom. The Morgan fingerprint density at radius 2 is 1.92 bits per heavy atom. The molecule has 2 amide bonds. The van der Waals surface area contributed by atoms with Gasteiger partial charge in [0.1, 0.15) is 5.71 Å². The molecule has 0 aliphatic carbocycles. The second kappa shape index (κ2) is 6.84. The van der Waals surface area contributed by atoms with Crippen LogP contribution in [-0.2, 0) is 9.59 Å². The molecular weight excluding hydrogens is 326 g/mol. The highest BCUT2D eigenvalue weighted by Crippen LogP contribution is 2.22. The van der Waals surface area contributed by atoms with Gasteiger partial charge in [-0.15, -0.1) is 0 Å². The lowest BCUT2D eigenvalue weighted by atomic mass is 10.1. The van der Waals surface area contributed by atoms with Gasteiger partial charge in [-0.1, -0.05) is 29.8 Å². The molecule has 6 heteroatoms. The van der Waals surface area contributed by atoms with Gasteiger partial charge in [0.15, 0.2) is 0 Å². The van der Waals surface area contributed by atoms with Crippen molar-refractivity contribution >= 4 is 40.5 Å². The second-order valence-electron chi connectivity index (χ2n) is 5.50. The number of hydrogen-bond donors (Lipinski definition) is 1. The van der Waals surface area contributed by atoms with Crippen LogP contribution in [0.3, 0.4) is 0 Å². The number of hydrazone groups is 1. The first kappa shape index (κ1) is 16.2. The van der Waals surface area contributed by atoms with Crippen LogP contribution in [0.15, 0.2) is 53.6 Å². The van der Waals surface area contributed by atoms with Gasteiger partial charge < -0.3 is 5.32 Å². The molecule has 0 spiro atoms. The smallest absolute Gasteiger partial charge is 0.271 e. The number of nitrogens with one attached hydrogen (secondary N) is 1. The second-order valence-corrected chi connectivity index (χ2v) is 5.94. The molecule has 2 aromatic carbocycles. The first-order valence-electron chi connectivity index (χ1n) is 7.57. The van der Waals surface area contributed by atoms with Crippen molar-refractivity contribution in [2.75, 3.05) is 10.3 Å². The Kier molecular flexibility index (Phi) is 4.62. The maximum absolute atomic E-state index is 12.5. The number of anilines is 2. The predicted molar refractivity (Wildman–Crippen MR) is 95.4 cm³/mol. The summed E-state index contributed by atoms with van der Waals surface area (Å²) in [5.74, 6) is -0.436. The highest BCUT2D eigenvalue weighted by atomic mass is 35.5. The minimum Gasteiger partial charge on any atom is -0.321 e. The summed E-state index contributed by atoms with van der Waals surface area (Å²) < 4.78 is 0. The third-order valence-corrected chi connectivity index (χ3v) is 3.97. The van der Waals surface area contributed by atoms with Gasteiger partial charge in [0.2, 0.25) is 5.91 Å². The molecule has 1 aliphatic heterocycles. The minimum atomic E-state index is -0.311. The molecule has 0 radical (unpaired) electrons. The van der Waals surface area contributed by atoms with Gasteiger partial charge in [0, 0.05) is 23.6 Å². The standard InChI is InChI=1S/C18H16ClN3O2/c1-12-11-13(19)7-8-15(12)20-18(24)16-9-10-17(23)22(21-16)14-5-3-2-4-6-14/h2-8,11H,9-10H2,1H3,(H,20,24). The summed E-state index contributed by atoms with van der Waals surface area (Å²) in [4.78, 5) is 24.6. The number of amides is 2. The Balaban J connectivity index is 1.82. The van der Waals surface area contributed by atoms with Gasteiger partial charge in [0.25, 0.3) is 5.91 Å². The fourth-order valence-corrected chi connectivity index (χ4v) is 2.68. The van der Waals surface area contributed by atoms with Crippen molar-refractivity contribution in [2.24, 2.45) is 5.10 Å². The highest BCUT2D eigenvalue weighted by molar-refractivity contribution is 6.44. The van der Waals surface area contributed by atoms with E-state index in [0.29, 0.717) is 28.5 Å². The van der Waals surface area contributed by atoms with E-state index in [0.717, 1.165) is 5.56 Å². The van der Waals surface area contributed by atoms with Crippen molar-refractivity contribution < 1.29 is 9.59 Å². The topological polar surface area (TPSA) is 61.8 Å². The van der Waals surface area contributed by atoms with E-state index < -0.39 is 0 Å². The fraction of sp³-hybridized carbons (Fsp3) is 0.167. The molecule has 0 fully saturated rings. The van der Waals surface area contributed by atoms with Gasteiger partial charge in [-0.2, -0.15) is 5.10 Å². The van der Waals surface area contributed by atoms with Crippen molar-refractivity contribution in [3.63, 3.8) is 0 Å². The largest absolute Gasteiger partial charge is 0.321 e. The Hall–Kier alpha value is -2.66. The lowest BCUT2D eigenvalue weighted by molar-refractivity contribution is -0.118. The molecule has 0 aromatic heterocycles. The van der Waals surface area contributed by atoms with Crippen LogP contribution < -0.4 is 10.3 Å². The molecule has 2 aromatic rings. The first-order chi connectivity index (χ1) is 11.5. The van der Waals surface area contributed by atoms with Crippen LogP contribution >= 0.6 is 11.6 Å². The molecule has 122 valence electrons. The normalized spacial score (nSPS) is 14.3. The highest BCUT2D eigenvalue weighted by Gasteiger charge is 2.25. The van der Waals surface area contributed by atoms with Crippen LogP contribution in [0.5, 0.6) is 0 Å². The van der Waals surface area contributed by atoms with Crippen molar-refractivity contribution in [3.8, 4) is 0 Å². The zero-order chi connectivity index (χ0) is 17.1. The number of benzene rings is 2. The average molecular weight is 342 g/mol. The maximum atomic E-state index is 12.5. The molecule has 1 aliphatic rings. The lowest BCUT2D eigenvalue weighted by Gasteiger charge is -2.23. The Morgan fingerprint density at radius 3 is 2.62 bits per heavy atom. The molecule has 5 nitrogen and oxygen atoms in total. The molecule has 24 heavy (non-hydrogen) atoms. The summed E-state index contributed by atoms with van der Waals surface area (Å²) in [7, 11) is 0. The SMILES string of the molecule is Cc1cc(Cl)ccc1NC(=O)C1=NN(c2ccccc2)C(=O)CC1. The van der Waals surface area contributed by atoms with Crippen LogP contribution in [-0.4, -0.2) is 17.5 Å². The summed E-state index contributed by atoms with van der Waals surface area (Å²) >= 11 is 5.92. The maximum Gasteiger partial charge on any atom is 0.271 e. The zero-order valence-corrected chi connectivity index (χ0v) is 13.9. The van der Waals surface area contributed by atoms with E-state index >= 15 is 0 Å². The fourth-order valence-electron chi connectivity index (χ4n) is 2.45. The quantitative estimate of drug-likeness (QED) is 0.923. The monoisotopic (exact) mass is 341 g/mol. The summed E-state index contributed by atoms with van der Waals surface area (Å²) in [6.45, 7) is 1.87. The van der Waals surface area contributed by atoms with Crippen LogP contribution in [0, 0.1) is 6.92 Å². The molecule has 0 saturated heterocycles. The number of hydrogen-bond acceptors (Lipinski definition) is 3. The number of rotatable bonds is 3. The third-order valence-electron chi connectivity index (χ3n) is 3.73. The average Bonchev–Trinajstić information content (AvgIpc) is 2.58. The van der Waals surface area contributed by atoms with E-state index in [9.17, 15) is 9.59 Å². The third kappa shape index (κ3) is 3.46. The molecule has 0 saturated carbocycles. The summed E-state index contributed by atoms with van der Waals surface area (Å²) in [6.07, 6.45) is 0.571. The van der Waals surface area contributed by atoms with E-state index in [4.69, 9.17) is 11.6 Å². The van der Waals surface area contributed by atoms with Gasteiger partial charge >= 0.3 is 0 Å².